The summed E-state index contributed by atoms with van der Waals surface area (Å²) in [7, 11) is 0. The van der Waals surface area contributed by atoms with Crippen LogP contribution in [0.25, 0.3) is 11.3 Å². The fraction of sp³-hybridized carbons (Fsp3) is 0.423. The van der Waals surface area contributed by atoms with Gasteiger partial charge in [-0.1, -0.05) is 12.1 Å². The molecule has 2 aliphatic heterocycles. The highest BCUT2D eigenvalue weighted by Crippen LogP contribution is 2.28. The van der Waals surface area contributed by atoms with Crippen LogP contribution in [0.15, 0.2) is 54.9 Å². The van der Waals surface area contributed by atoms with Crippen LogP contribution in [0.1, 0.15) is 18.4 Å². The topological polar surface area (TPSA) is 115 Å². The van der Waals surface area contributed by atoms with Crippen LogP contribution >= 0.6 is 0 Å². The summed E-state index contributed by atoms with van der Waals surface area (Å²) in [5, 5.41) is 16.9. The Morgan fingerprint density at radius 2 is 2.00 bits per heavy atom. The Morgan fingerprint density at radius 3 is 2.80 bits per heavy atom. The molecule has 0 bridgehead atoms. The van der Waals surface area contributed by atoms with Crippen molar-refractivity contribution in [2.75, 3.05) is 49.5 Å². The molecule has 0 radical (unpaired) electrons. The summed E-state index contributed by atoms with van der Waals surface area (Å²) in [6.45, 7) is 6.36. The predicted molar refractivity (Wildman–Crippen MR) is 139 cm³/mol. The summed E-state index contributed by atoms with van der Waals surface area (Å²) in [6.07, 6.45) is 4.84. The van der Waals surface area contributed by atoms with Gasteiger partial charge in [-0.05, 0) is 55.3 Å². The van der Waals surface area contributed by atoms with Crippen molar-refractivity contribution in [1.29, 1.82) is 0 Å². The third-order valence-corrected chi connectivity index (χ3v) is 6.68. The normalized spacial score (nSPS) is 20.8. The first-order valence-corrected chi connectivity index (χ1v) is 12.4. The van der Waals surface area contributed by atoms with Crippen LogP contribution in [0, 0.1) is 0 Å². The summed E-state index contributed by atoms with van der Waals surface area (Å²) < 4.78 is 0. The number of β-amino-alcohol motifs (C(OH)–C–C–N with tert-alkyl or cyclic N) is 1. The molecular weight excluding hydrogens is 440 g/mol. The smallest absolute Gasteiger partial charge is 0.227 e. The summed E-state index contributed by atoms with van der Waals surface area (Å²) in [5.74, 6) is 1.41. The summed E-state index contributed by atoms with van der Waals surface area (Å²) >= 11 is 0. The van der Waals surface area contributed by atoms with E-state index >= 15 is 0 Å². The van der Waals surface area contributed by atoms with Gasteiger partial charge in [0.05, 0.1) is 11.8 Å². The summed E-state index contributed by atoms with van der Waals surface area (Å²) in [4.78, 5) is 18.4. The SMILES string of the molecule is NCCC1CC(O)CN1c1ccc(-c2ccnc(Nc3cccc(CN4CCNCC4)c3)n2)cn1. The lowest BCUT2D eigenvalue weighted by Crippen LogP contribution is -2.42. The minimum Gasteiger partial charge on any atom is -0.391 e. The van der Waals surface area contributed by atoms with E-state index in [1.807, 2.05) is 30.5 Å². The third-order valence-electron chi connectivity index (χ3n) is 6.68. The highest BCUT2D eigenvalue weighted by Gasteiger charge is 2.31. The number of hydrogen-bond donors (Lipinski definition) is 4. The lowest BCUT2D eigenvalue weighted by Gasteiger charge is -2.27. The monoisotopic (exact) mass is 474 g/mol. The molecule has 9 heteroatoms. The van der Waals surface area contributed by atoms with Crippen LogP contribution in [0.4, 0.5) is 17.5 Å². The zero-order chi connectivity index (χ0) is 24.0. The zero-order valence-electron chi connectivity index (χ0n) is 20.0. The maximum atomic E-state index is 10.1. The van der Waals surface area contributed by atoms with Crippen molar-refractivity contribution in [2.45, 2.75) is 31.5 Å². The molecule has 0 spiro atoms. The van der Waals surface area contributed by atoms with Crippen LogP contribution < -0.4 is 21.3 Å². The first-order chi connectivity index (χ1) is 17.2. The van der Waals surface area contributed by atoms with Crippen molar-refractivity contribution in [3.05, 3.63) is 60.4 Å². The number of nitrogens with one attached hydrogen (secondary N) is 2. The molecule has 0 amide bonds. The van der Waals surface area contributed by atoms with Gasteiger partial charge in [0.1, 0.15) is 5.82 Å². The molecular formula is C26H34N8O. The average Bonchev–Trinajstić information content (AvgIpc) is 3.25. The van der Waals surface area contributed by atoms with E-state index in [2.05, 4.69) is 48.6 Å². The minimum atomic E-state index is -0.334. The van der Waals surface area contributed by atoms with Crippen molar-refractivity contribution in [3.8, 4) is 11.3 Å². The number of pyridine rings is 1. The van der Waals surface area contributed by atoms with Crippen LogP contribution in [0.5, 0.6) is 0 Å². The van der Waals surface area contributed by atoms with E-state index in [9.17, 15) is 5.11 Å². The molecule has 5 N–H and O–H groups in total. The summed E-state index contributed by atoms with van der Waals surface area (Å²) in [6, 6.07) is 14.6. The Balaban J connectivity index is 1.27. The molecule has 0 aliphatic carbocycles. The van der Waals surface area contributed by atoms with E-state index in [-0.39, 0.29) is 12.1 Å². The largest absolute Gasteiger partial charge is 0.391 e. The van der Waals surface area contributed by atoms with Gasteiger partial charge in [0.25, 0.3) is 0 Å². The molecule has 35 heavy (non-hydrogen) atoms. The fourth-order valence-corrected chi connectivity index (χ4v) is 4.93. The van der Waals surface area contributed by atoms with Gasteiger partial charge in [-0.2, -0.15) is 0 Å². The highest BCUT2D eigenvalue weighted by atomic mass is 16.3. The van der Waals surface area contributed by atoms with Crippen molar-refractivity contribution < 1.29 is 5.11 Å². The van der Waals surface area contributed by atoms with Crippen molar-refractivity contribution in [3.63, 3.8) is 0 Å². The zero-order valence-corrected chi connectivity index (χ0v) is 20.0. The highest BCUT2D eigenvalue weighted by molar-refractivity contribution is 5.63. The molecule has 2 saturated heterocycles. The standard InChI is InChI=1S/C26H34N8O/c27-8-6-22-15-23(35)18-34(22)25-5-4-20(16-30-25)24-7-9-29-26(32-24)31-21-3-1-2-19(14-21)17-33-12-10-28-11-13-33/h1-5,7,9,14,16,22-23,28,35H,6,8,10-13,15,17-18,27H2,(H,29,31,32). The molecule has 2 unspecified atom stereocenters. The van der Waals surface area contributed by atoms with Crippen LogP contribution in [-0.2, 0) is 6.54 Å². The second-order valence-corrected chi connectivity index (χ2v) is 9.30. The number of anilines is 3. The average molecular weight is 475 g/mol. The number of nitrogens with zero attached hydrogens (tertiary/aromatic N) is 5. The van der Waals surface area contributed by atoms with Gasteiger partial charge in [-0.15, -0.1) is 0 Å². The second-order valence-electron chi connectivity index (χ2n) is 9.30. The summed E-state index contributed by atoms with van der Waals surface area (Å²) in [5.41, 5.74) is 9.73. The van der Waals surface area contributed by atoms with Crippen LogP contribution in [-0.4, -0.2) is 76.4 Å². The predicted octanol–water partition coefficient (Wildman–Crippen LogP) is 1.98. The molecule has 1 aromatic carbocycles. The number of rotatable bonds is 8. The van der Waals surface area contributed by atoms with E-state index in [1.54, 1.807) is 6.20 Å². The van der Waals surface area contributed by atoms with Crippen molar-refractivity contribution >= 4 is 17.5 Å². The molecule has 2 fully saturated rings. The van der Waals surface area contributed by atoms with Gasteiger partial charge in [-0.25, -0.2) is 15.0 Å². The first kappa shape index (κ1) is 23.6. The Hall–Kier alpha value is -3.11. The first-order valence-electron chi connectivity index (χ1n) is 12.4. The third kappa shape index (κ3) is 5.94. The van der Waals surface area contributed by atoms with Gasteiger partial charge in [-0.3, -0.25) is 4.90 Å². The number of hydrogen-bond acceptors (Lipinski definition) is 9. The fourth-order valence-electron chi connectivity index (χ4n) is 4.93. The van der Waals surface area contributed by atoms with Crippen molar-refractivity contribution in [2.24, 2.45) is 5.73 Å². The molecule has 9 nitrogen and oxygen atoms in total. The Bertz CT molecular complexity index is 1100. The van der Waals surface area contributed by atoms with Gasteiger partial charge in [0.2, 0.25) is 5.95 Å². The van der Waals surface area contributed by atoms with E-state index in [1.165, 1.54) is 5.56 Å². The molecule has 0 saturated carbocycles. The Morgan fingerprint density at radius 1 is 1.11 bits per heavy atom. The molecule has 5 rings (SSSR count). The van der Waals surface area contributed by atoms with Gasteiger partial charge in [0.15, 0.2) is 0 Å². The molecule has 2 atom stereocenters. The van der Waals surface area contributed by atoms with Gasteiger partial charge >= 0.3 is 0 Å². The Kier molecular flexibility index (Phi) is 7.48. The number of piperazine rings is 1. The second kappa shape index (κ2) is 11.1. The molecule has 2 aliphatic rings. The lowest BCUT2D eigenvalue weighted by molar-refractivity contribution is 0.194. The number of aliphatic hydroxyl groups excluding tert-OH is 1. The number of nitrogens with two attached hydrogens (primary N) is 1. The molecule has 2 aromatic heterocycles. The quantitative estimate of drug-likeness (QED) is 0.389. The maximum absolute atomic E-state index is 10.1. The number of aromatic nitrogens is 3. The van der Waals surface area contributed by atoms with E-state index in [0.29, 0.717) is 19.0 Å². The van der Waals surface area contributed by atoms with E-state index in [4.69, 9.17) is 10.7 Å². The van der Waals surface area contributed by atoms with Gasteiger partial charge in [0, 0.05) is 69.0 Å². The molecule has 184 valence electrons. The number of aliphatic hydroxyl groups is 1. The minimum absolute atomic E-state index is 0.227. The van der Waals surface area contributed by atoms with Crippen LogP contribution in [0.2, 0.25) is 0 Å². The van der Waals surface area contributed by atoms with E-state index in [0.717, 1.165) is 68.3 Å². The lowest BCUT2D eigenvalue weighted by atomic mass is 10.1. The van der Waals surface area contributed by atoms with Crippen molar-refractivity contribution in [1.82, 2.24) is 25.2 Å². The van der Waals surface area contributed by atoms with Gasteiger partial charge < -0.3 is 26.4 Å². The molecule has 3 aromatic rings. The number of benzene rings is 1. The maximum Gasteiger partial charge on any atom is 0.227 e. The molecule has 4 heterocycles. The Labute approximate surface area is 206 Å². The van der Waals surface area contributed by atoms with E-state index < -0.39 is 0 Å². The van der Waals surface area contributed by atoms with Crippen LogP contribution in [0.3, 0.4) is 0 Å².